The normalized spacial score (nSPS) is 10.7. The van der Waals surface area contributed by atoms with Crippen LogP contribution in [0.1, 0.15) is 5.56 Å². The number of phenols is 1. The molecular formula is C15H8BrFN2O. The quantitative estimate of drug-likeness (QED) is 0.729. The highest BCUT2D eigenvalue weighted by Crippen LogP contribution is 2.33. The van der Waals surface area contributed by atoms with Crippen molar-refractivity contribution in [3.05, 3.63) is 58.4 Å². The van der Waals surface area contributed by atoms with Crippen LogP contribution in [0, 0.1) is 17.1 Å². The van der Waals surface area contributed by atoms with Gasteiger partial charge >= 0.3 is 0 Å². The Bertz CT molecular complexity index is 847. The third-order valence-electron chi connectivity index (χ3n) is 3.09. The molecule has 0 aliphatic heterocycles. The first kappa shape index (κ1) is 12.7. The minimum absolute atomic E-state index is 0.160. The number of benzene rings is 2. The van der Waals surface area contributed by atoms with Crippen LogP contribution in [0.5, 0.6) is 5.75 Å². The number of hydrogen-bond acceptors (Lipinski definition) is 2. The van der Waals surface area contributed by atoms with E-state index in [-0.39, 0.29) is 11.6 Å². The van der Waals surface area contributed by atoms with Gasteiger partial charge in [0.15, 0.2) is 0 Å². The fraction of sp³-hybridized carbons (Fsp3) is 0. The Morgan fingerprint density at radius 3 is 2.50 bits per heavy atom. The summed E-state index contributed by atoms with van der Waals surface area (Å²) in [5.74, 6) is -0.225. The zero-order valence-electron chi connectivity index (χ0n) is 10.1. The van der Waals surface area contributed by atoms with Crippen molar-refractivity contribution >= 4 is 26.8 Å². The van der Waals surface area contributed by atoms with Gasteiger partial charge in [0.2, 0.25) is 0 Å². The van der Waals surface area contributed by atoms with Crippen LogP contribution in [-0.4, -0.2) is 9.67 Å². The average Bonchev–Trinajstić information content (AvgIpc) is 2.71. The summed E-state index contributed by atoms with van der Waals surface area (Å²) >= 11 is 3.39. The molecule has 3 nitrogen and oxygen atoms in total. The predicted molar refractivity (Wildman–Crippen MR) is 77.3 cm³/mol. The second kappa shape index (κ2) is 4.66. The SMILES string of the molecule is N#Cc1c(Br)n(-c2ccc(O)cc2)c2ccc(F)cc12. The molecule has 5 heteroatoms. The molecule has 0 aliphatic rings. The Balaban J connectivity index is 2.39. The maximum absolute atomic E-state index is 13.4. The van der Waals surface area contributed by atoms with E-state index < -0.39 is 0 Å². The predicted octanol–water partition coefficient (Wildman–Crippen LogP) is 4.11. The Hall–Kier alpha value is -2.32. The van der Waals surface area contributed by atoms with Gasteiger partial charge in [-0.15, -0.1) is 0 Å². The fourth-order valence-electron chi connectivity index (χ4n) is 2.19. The lowest BCUT2D eigenvalue weighted by molar-refractivity contribution is 0.475. The summed E-state index contributed by atoms with van der Waals surface area (Å²) in [7, 11) is 0. The van der Waals surface area contributed by atoms with Crippen molar-refractivity contribution in [1.29, 1.82) is 5.26 Å². The van der Waals surface area contributed by atoms with E-state index >= 15 is 0 Å². The van der Waals surface area contributed by atoms with Crippen LogP contribution in [0.4, 0.5) is 4.39 Å². The Kier molecular flexibility index (Phi) is 2.96. The molecule has 0 atom stereocenters. The first-order valence-electron chi connectivity index (χ1n) is 5.81. The molecule has 1 aromatic heterocycles. The second-order valence-corrected chi connectivity index (χ2v) is 5.04. The molecule has 3 rings (SSSR count). The minimum atomic E-state index is -0.385. The van der Waals surface area contributed by atoms with Crippen LogP contribution in [0.3, 0.4) is 0 Å². The number of rotatable bonds is 1. The van der Waals surface area contributed by atoms with Gasteiger partial charge in [-0.25, -0.2) is 4.39 Å². The molecule has 0 radical (unpaired) electrons. The molecule has 0 saturated heterocycles. The number of phenolic OH excluding ortho intramolecular Hbond substituents is 1. The standard InChI is InChI=1S/C15H8BrFN2O/c16-15-13(8-18)12-7-9(17)1-6-14(12)19(15)10-2-4-11(20)5-3-10/h1-7,20H. The maximum atomic E-state index is 13.4. The van der Waals surface area contributed by atoms with E-state index in [1.807, 2.05) is 0 Å². The lowest BCUT2D eigenvalue weighted by Crippen LogP contribution is -1.93. The molecule has 3 aromatic rings. The molecule has 1 heterocycles. The van der Waals surface area contributed by atoms with Crippen LogP contribution in [0.25, 0.3) is 16.6 Å². The number of halogens is 2. The number of nitriles is 1. The Morgan fingerprint density at radius 2 is 1.85 bits per heavy atom. The molecule has 0 saturated carbocycles. The number of aromatic nitrogens is 1. The van der Waals surface area contributed by atoms with E-state index in [0.29, 0.717) is 15.6 Å². The van der Waals surface area contributed by atoms with Gasteiger partial charge in [-0.05, 0) is 58.4 Å². The fourth-order valence-corrected chi connectivity index (χ4v) is 2.89. The molecule has 20 heavy (non-hydrogen) atoms. The first-order valence-corrected chi connectivity index (χ1v) is 6.60. The van der Waals surface area contributed by atoms with Crippen molar-refractivity contribution in [3.63, 3.8) is 0 Å². The number of aromatic hydroxyl groups is 1. The zero-order chi connectivity index (χ0) is 14.3. The summed E-state index contributed by atoms with van der Waals surface area (Å²) in [4.78, 5) is 0. The third kappa shape index (κ3) is 1.86. The summed E-state index contributed by atoms with van der Waals surface area (Å²) in [6, 6.07) is 13.0. The van der Waals surface area contributed by atoms with Crippen LogP contribution in [-0.2, 0) is 0 Å². The van der Waals surface area contributed by atoms with Gasteiger partial charge in [0.1, 0.15) is 22.2 Å². The van der Waals surface area contributed by atoms with Gasteiger partial charge in [-0.1, -0.05) is 0 Å². The Morgan fingerprint density at radius 1 is 1.15 bits per heavy atom. The van der Waals surface area contributed by atoms with E-state index in [4.69, 9.17) is 0 Å². The highest BCUT2D eigenvalue weighted by molar-refractivity contribution is 9.10. The summed E-state index contributed by atoms with van der Waals surface area (Å²) in [6.45, 7) is 0. The van der Waals surface area contributed by atoms with Gasteiger partial charge in [-0.2, -0.15) is 5.26 Å². The van der Waals surface area contributed by atoms with Crippen LogP contribution < -0.4 is 0 Å². The second-order valence-electron chi connectivity index (χ2n) is 4.29. The molecule has 0 amide bonds. The lowest BCUT2D eigenvalue weighted by atomic mass is 10.2. The van der Waals surface area contributed by atoms with E-state index in [1.165, 1.54) is 12.1 Å². The minimum Gasteiger partial charge on any atom is -0.508 e. The molecule has 0 aliphatic carbocycles. The highest BCUT2D eigenvalue weighted by Gasteiger charge is 2.16. The lowest BCUT2D eigenvalue weighted by Gasteiger charge is -2.07. The summed E-state index contributed by atoms with van der Waals surface area (Å²) in [5, 5.41) is 19.2. The maximum Gasteiger partial charge on any atom is 0.124 e. The third-order valence-corrected chi connectivity index (χ3v) is 3.84. The van der Waals surface area contributed by atoms with Crippen molar-refractivity contribution < 1.29 is 9.50 Å². The summed E-state index contributed by atoms with van der Waals surface area (Å²) in [6.07, 6.45) is 0. The average molecular weight is 331 g/mol. The highest BCUT2D eigenvalue weighted by atomic mass is 79.9. The number of nitrogens with zero attached hydrogens (tertiary/aromatic N) is 2. The number of hydrogen-bond donors (Lipinski definition) is 1. The smallest absolute Gasteiger partial charge is 0.124 e. The van der Waals surface area contributed by atoms with Crippen molar-refractivity contribution in [2.24, 2.45) is 0 Å². The summed E-state index contributed by atoms with van der Waals surface area (Å²) in [5.41, 5.74) is 1.88. The van der Waals surface area contributed by atoms with E-state index in [0.717, 1.165) is 11.2 Å². The largest absolute Gasteiger partial charge is 0.508 e. The van der Waals surface area contributed by atoms with Crippen LogP contribution >= 0.6 is 15.9 Å². The molecule has 98 valence electrons. The molecule has 0 bridgehead atoms. The van der Waals surface area contributed by atoms with Gasteiger partial charge in [0.05, 0.1) is 11.1 Å². The van der Waals surface area contributed by atoms with Crippen molar-refractivity contribution in [1.82, 2.24) is 4.57 Å². The van der Waals surface area contributed by atoms with Crippen molar-refractivity contribution in [2.75, 3.05) is 0 Å². The van der Waals surface area contributed by atoms with Crippen LogP contribution in [0.15, 0.2) is 47.1 Å². The first-order chi connectivity index (χ1) is 9.61. The number of fused-ring (bicyclic) bond motifs is 1. The molecular weight excluding hydrogens is 323 g/mol. The molecule has 0 unspecified atom stereocenters. The zero-order valence-corrected chi connectivity index (χ0v) is 11.7. The molecule has 0 spiro atoms. The Labute approximate surface area is 122 Å². The van der Waals surface area contributed by atoms with Gasteiger partial charge in [-0.3, -0.25) is 0 Å². The van der Waals surface area contributed by atoms with E-state index in [1.54, 1.807) is 34.9 Å². The van der Waals surface area contributed by atoms with E-state index in [2.05, 4.69) is 22.0 Å². The van der Waals surface area contributed by atoms with Crippen molar-refractivity contribution in [2.45, 2.75) is 0 Å². The van der Waals surface area contributed by atoms with Gasteiger partial charge in [0.25, 0.3) is 0 Å². The van der Waals surface area contributed by atoms with Crippen LogP contribution in [0.2, 0.25) is 0 Å². The topological polar surface area (TPSA) is 49.0 Å². The van der Waals surface area contributed by atoms with Crippen molar-refractivity contribution in [3.8, 4) is 17.5 Å². The van der Waals surface area contributed by atoms with Gasteiger partial charge < -0.3 is 9.67 Å². The molecule has 0 fully saturated rings. The molecule has 1 N–H and O–H groups in total. The molecule has 2 aromatic carbocycles. The van der Waals surface area contributed by atoms with E-state index in [9.17, 15) is 14.8 Å². The van der Waals surface area contributed by atoms with Gasteiger partial charge in [0, 0.05) is 11.1 Å². The monoisotopic (exact) mass is 330 g/mol. The summed E-state index contributed by atoms with van der Waals surface area (Å²) < 4.78 is 15.7.